The molecule has 33 heavy (non-hydrogen) atoms. The summed E-state index contributed by atoms with van der Waals surface area (Å²) in [6.45, 7) is 2.02. The molecule has 1 N–H and O–H groups in total. The van der Waals surface area contributed by atoms with Crippen molar-refractivity contribution in [3.8, 4) is 17.2 Å². The van der Waals surface area contributed by atoms with Crippen LogP contribution in [0.4, 0.5) is 5.69 Å². The van der Waals surface area contributed by atoms with Gasteiger partial charge in [-0.3, -0.25) is 9.78 Å². The molecule has 0 aliphatic carbocycles. The standard InChI is InChI=1S/C25H23N3O2.CH2O2/c1-2-8-25(24(7-1)27-14-3-4-15-27)28-17-23(18-28)30-21-11-9-20(10-12-21)19-29-22-6-5-13-26-16-22;2-1-3/h1-16,23H,17-19H2;1H,(H,2,3). The minimum atomic E-state index is -0.250. The predicted molar refractivity (Wildman–Crippen MR) is 126 cm³/mol. The first kappa shape index (κ1) is 22.0. The van der Waals surface area contributed by atoms with E-state index < -0.39 is 0 Å². The lowest BCUT2D eigenvalue weighted by molar-refractivity contribution is -0.122. The van der Waals surface area contributed by atoms with Crippen molar-refractivity contribution in [2.75, 3.05) is 18.0 Å². The Morgan fingerprint density at radius 1 is 0.909 bits per heavy atom. The predicted octanol–water partition coefficient (Wildman–Crippen LogP) is 4.42. The molecule has 2 aromatic carbocycles. The summed E-state index contributed by atoms with van der Waals surface area (Å²) in [5.74, 6) is 1.66. The fraction of sp³-hybridized carbons (Fsp3) is 0.154. The number of nitrogens with zero attached hydrogens (tertiary/aromatic N) is 3. The molecule has 3 heterocycles. The van der Waals surface area contributed by atoms with Gasteiger partial charge >= 0.3 is 0 Å². The second kappa shape index (κ2) is 10.9. The zero-order chi connectivity index (χ0) is 22.9. The summed E-state index contributed by atoms with van der Waals surface area (Å²) in [4.78, 5) is 14.8. The number of carbonyl (C=O) groups is 1. The van der Waals surface area contributed by atoms with E-state index in [4.69, 9.17) is 19.4 Å². The minimum Gasteiger partial charge on any atom is -0.487 e. The maximum atomic E-state index is 8.36. The van der Waals surface area contributed by atoms with Crippen molar-refractivity contribution in [3.05, 3.63) is 103 Å². The van der Waals surface area contributed by atoms with Gasteiger partial charge in [0.25, 0.3) is 6.47 Å². The lowest BCUT2D eigenvalue weighted by Gasteiger charge is -2.41. The maximum absolute atomic E-state index is 8.36. The van der Waals surface area contributed by atoms with E-state index in [1.165, 1.54) is 11.4 Å². The van der Waals surface area contributed by atoms with Crippen LogP contribution in [0.3, 0.4) is 0 Å². The third kappa shape index (κ3) is 5.71. The van der Waals surface area contributed by atoms with E-state index in [1.54, 1.807) is 12.4 Å². The number of benzene rings is 2. The molecule has 7 nitrogen and oxygen atoms in total. The molecule has 4 aromatic rings. The lowest BCUT2D eigenvalue weighted by Crippen LogP contribution is -2.54. The molecule has 7 heteroatoms. The Labute approximate surface area is 192 Å². The Balaban J connectivity index is 0.000000821. The summed E-state index contributed by atoms with van der Waals surface area (Å²) in [5, 5.41) is 6.89. The van der Waals surface area contributed by atoms with Crippen LogP contribution < -0.4 is 14.4 Å². The van der Waals surface area contributed by atoms with Crippen LogP contribution in [0.5, 0.6) is 11.5 Å². The number of ether oxygens (including phenoxy) is 2. The van der Waals surface area contributed by atoms with Crippen molar-refractivity contribution in [2.24, 2.45) is 0 Å². The van der Waals surface area contributed by atoms with Crippen molar-refractivity contribution in [2.45, 2.75) is 12.7 Å². The number of anilines is 1. The zero-order valence-electron chi connectivity index (χ0n) is 18.0. The van der Waals surface area contributed by atoms with Gasteiger partial charge < -0.3 is 24.0 Å². The number of hydrogen-bond donors (Lipinski definition) is 1. The molecular formula is C26H25N3O4. The van der Waals surface area contributed by atoms with Gasteiger partial charge in [0.2, 0.25) is 0 Å². The number of rotatable bonds is 7. The Hall–Kier alpha value is -4.26. The molecule has 0 saturated carbocycles. The Morgan fingerprint density at radius 2 is 1.61 bits per heavy atom. The normalized spacial score (nSPS) is 12.8. The first-order valence-electron chi connectivity index (χ1n) is 10.6. The third-order valence-corrected chi connectivity index (χ3v) is 5.22. The van der Waals surface area contributed by atoms with Gasteiger partial charge in [0.1, 0.15) is 24.2 Å². The molecule has 1 aliphatic rings. The molecule has 1 aliphatic heterocycles. The van der Waals surface area contributed by atoms with E-state index in [0.717, 1.165) is 30.2 Å². The van der Waals surface area contributed by atoms with E-state index in [9.17, 15) is 0 Å². The van der Waals surface area contributed by atoms with Crippen LogP contribution in [0, 0.1) is 0 Å². The largest absolute Gasteiger partial charge is 0.487 e. The molecule has 0 radical (unpaired) electrons. The molecule has 0 bridgehead atoms. The van der Waals surface area contributed by atoms with Gasteiger partial charge in [-0.05, 0) is 54.1 Å². The third-order valence-electron chi connectivity index (χ3n) is 5.22. The highest BCUT2D eigenvalue weighted by atomic mass is 16.5. The molecule has 0 atom stereocenters. The average molecular weight is 444 g/mol. The molecule has 2 aromatic heterocycles. The van der Waals surface area contributed by atoms with Gasteiger partial charge in [0.15, 0.2) is 0 Å². The van der Waals surface area contributed by atoms with E-state index in [1.807, 2.05) is 48.5 Å². The molecule has 5 rings (SSSR count). The highest BCUT2D eigenvalue weighted by molar-refractivity contribution is 5.64. The van der Waals surface area contributed by atoms with Crippen molar-refractivity contribution in [1.29, 1.82) is 0 Å². The quantitative estimate of drug-likeness (QED) is 0.426. The molecule has 1 saturated heterocycles. The molecule has 0 unspecified atom stereocenters. The summed E-state index contributed by atoms with van der Waals surface area (Å²) >= 11 is 0. The Bertz CT molecular complexity index is 1130. The van der Waals surface area contributed by atoms with Crippen LogP contribution in [0.2, 0.25) is 0 Å². The van der Waals surface area contributed by atoms with Gasteiger partial charge in [0.05, 0.1) is 30.7 Å². The Kier molecular flexibility index (Phi) is 7.22. The van der Waals surface area contributed by atoms with Gasteiger partial charge in [-0.25, -0.2) is 0 Å². The van der Waals surface area contributed by atoms with Gasteiger partial charge in [-0.1, -0.05) is 24.3 Å². The van der Waals surface area contributed by atoms with Crippen LogP contribution in [0.15, 0.2) is 97.6 Å². The monoisotopic (exact) mass is 443 g/mol. The van der Waals surface area contributed by atoms with Crippen molar-refractivity contribution < 1.29 is 19.4 Å². The zero-order valence-corrected chi connectivity index (χ0v) is 18.0. The molecule has 1 fully saturated rings. The number of hydrogen-bond acceptors (Lipinski definition) is 5. The SMILES string of the molecule is O=CO.c1cncc(OCc2ccc(OC3CN(c4ccccc4-n4cccc4)C3)cc2)c1. The fourth-order valence-electron chi connectivity index (χ4n) is 3.61. The molecule has 0 amide bonds. The first-order valence-corrected chi connectivity index (χ1v) is 10.6. The van der Waals surface area contributed by atoms with Crippen LogP contribution in [0.25, 0.3) is 5.69 Å². The summed E-state index contributed by atoms with van der Waals surface area (Å²) in [5.41, 5.74) is 3.53. The average Bonchev–Trinajstić information content (AvgIpc) is 3.37. The van der Waals surface area contributed by atoms with Gasteiger partial charge in [0, 0.05) is 18.6 Å². The lowest BCUT2D eigenvalue weighted by atomic mass is 10.1. The van der Waals surface area contributed by atoms with E-state index in [0.29, 0.717) is 6.61 Å². The van der Waals surface area contributed by atoms with Gasteiger partial charge in [-0.15, -0.1) is 0 Å². The van der Waals surface area contributed by atoms with Crippen LogP contribution in [-0.4, -0.2) is 40.3 Å². The van der Waals surface area contributed by atoms with Gasteiger partial charge in [-0.2, -0.15) is 0 Å². The van der Waals surface area contributed by atoms with Crippen molar-refractivity contribution in [1.82, 2.24) is 9.55 Å². The number of aromatic nitrogens is 2. The molecule has 0 spiro atoms. The van der Waals surface area contributed by atoms with Crippen molar-refractivity contribution in [3.63, 3.8) is 0 Å². The van der Waals surface area contributed by atoms with Crippen LogP contribution in [-0.2, 0) is 11.4 Å². The summed E-state index contributed by atoms with van der Waals surface area (Å²) in [6.07, 6.45) is 7.80. The Morgan fingerprint density at radius 3 is 2.27 bits per heavy atom. The van der Waals surface area contributed by atoms with Crippen LogP contribution >= 0.6 is 0 Å². The smallest absolute Gasteiger partial charge is 0.290 e. The number of carboxylic acid groups (broad SMARTS) is 1. The fourth-order valence-corrected chi connectivity index (χ4v) is 3.61. The van der Waals surface area contributed by atoms with E-state index in [-0.39, 0.29) is 12.6 Å². The first-order chi connectivity index (χ1) is 16.3. The summed E-state index contributed by atoms with van der Waals surface area (Å²) in [6, 6.07) is 24.5. The minimum absolute atomic E-state index is 0.195. The molecular weight excluding hydrogens is 418 g/mol. The highest BCUT2D eigenvalue weighted by Crippen LogP contribution is 2.30. The van der Waals surface area contributed by atoms with Crippen molar-refractivity contribution >= 4 is 12.2 Å². The number of pyridine rings is 1. The second-order valence-corrected chi connectivity index (χ2v) is 7.45. The van der Waals surface area contributed by atoms with E-state index >= 15 is 0 Å². The summed E-state index contributed by atoms with van der Waals surface area (Å²) in [7, 11) is 0. The molecule has 168 valence electrons. The topological polar surface area (TPSA) is 76.8 Å². The highest BCUT2D eigenvalue weighted by Gasteiger charge is 2.30. The van der Waals surface area contributed by atoms with E-state index in [2.05, 4.69) is 51.1 Å². The second-order valence-electron chi connectivity index (χ2n) is 7.45. The maximum Gasteiger partial charge on any atom is 0.290 e. The van der Waals surface area contributed by atoms with Crippen LogP contribution in [0.1, 0.15) is 5.56 Å². The number of para-hydroxylation sites is 2. The summed E-state index contributed by atoms with van der Waals surface area (Å²) < 4.78 is 14.0.